The van der Waals surface area contributed by atoms with Gasteiger partial charge in [-0.25, -0.2) is 4.98 Å². The summed E-state index contributed by atoms with van der Waals surface area (Å²) in [5.74, 6) is 1.27. The van der Waals surface area contributed by atoms with E-state index in [0.717, 1.165) is 41.3 Å². The van der Waals surface area contributed by atoms with Crippen LogP contribution in [0, 0.1) is 0 Å². The Morgan fingerprint density at radius 3 is 2.03 bits per heavy atom. The lowest BCUT2D eigenvalue weighted by molar-refractivity contribution is -0.134. The predicted molar refractivity (Wildman–Crippen MR) is 142 cm³/mol. The van der Waals surface area contributed by atoms with Gasteiger partial charge in [0.25, 0.3) is 5.97 Å². The molecule has 0 unspecified atom stereocenters. The van der Waals surface area contributed by atoms with Gasteiger partial charge in [0.1, 0.15) is 5.82 Å². The lowest BCUT2D eigenvalue weighted by Crippen LogP contribution is -2.24. The summed E-state index contributed by atoms with van der Waals surface area (Å²) in [4.78, 5) is 17.2. The Hall–Kier alpha value is -2.85. The largest absolute Gasteiger partial charge is 0.481 e. The summed E-state index contributed by atoms with van der Waals surface area (Å²) in [5.41, 5.74) is 5.12. The number of carboxylic acid groups (broad SMARTS) is 1. The molecule has 4 rings (SSSR count). The van der Waals surface area contributed by atoms with Crippen molar-refractivity contribution in [2.75, 3.05) is 5.88 Å². The topological polar surface area (TPSA) is 66.0 Å². The van der Waals surface area contributed by atoms with Crippen LogP contribution in [-0.2, 0) is 4.79 Å². The summed E-state index contributed by atoms with van der Waals surface area (Å²) in [6.07, 6.45) is 13.3. The zero-order valence-electron chi connectivity index (χ0n) is 20.2. The van der Waals surface area contributed by atoms with E-state index in [9.17, 15) is 0 Å². The molecule has 1 aliphatic rings. The van der Waals surface area contributed by atoms with Crippen molar-refractivity contribution in [3.05, 3.63) is 64.8 Å². The van der Waals surface area contributed by atoms with E-state index in [1.165, 1.54) is 55.2 Å². The predicted octanol–water partition coefficient (Wildman–Crippen LogP) is 6.48. The van der Waals surface area contributed by atoms with E-state index in [-0.39, 0.29) is 0 Å². The summed E-state index contributed by atoms with van der Waals surface area (Å²) in [6.45, 7) is 3.21. The number of alkyl halides is 1. The molecule has 0 bridgehead atoms. The van der Waals surface area contributed by atoms with E-state index < -0.39 is 5.97 Å². The van der Waals surface area contributed by atoms with Gasteiger partial charge in [0.2, 0.25) is 0 Å². The van der Waals surface area contributed by atoms with Gasteiger partial charge < -0.3 is 10.1 Å². The second kappa shape index (κ2) is 13.1. The Bertz CT molecular complexity index is 1120. The van der Waals surface area contributed by atoms with Gasteiger partial charge in [0, 0.05) is 18.4 Å². The maximum atomic E-state index is 9.00. The number of nitrogens with one attached hydrogen (secondary N) is 1. The fourth-order valence-electron chi connectivity index (χ4n) is 4.51. The number of carboxylic acids is 1. The zero-order valence-corrected chi connectivity index (χ0v) is 20.9. The number of hydrogen-bond acceptors (Lipinski definition) is 2. The lowest BCUT2D eigenvalue weighted by Gasteiger charge is -2.15. The first kappa shape index (κ1) is 25.8. The molecule has 0 atom stereocenters. The third-order valence-corrected chi connectivity index (χ3v) is 6.32. The summed E-state index contributed by atoms with van der Waals surface area (Å²) in [7, 11) is 0. The third-order valence-electron chi connectivity index (χ3n) is 6.17. The number of imidazole rings is 1. The van der Waals surface area contributed by atoms with Gasteiger partial charge in [-0.1, -0.05) is 87.2 Å². The van der Waals surface area contributed by atoms with Crippen LogP contribution in [-0.4, -0.2) is 26.9 Å². The van der Waals surface area contributed by atoms with Crippen LogP contribution in [0.2, 0.25) is 0 Å². The minimum absolute atomic E-state index is 0.463. The molecule has 1 heterocycles. The molecule has 2 aromatic carbocycles. The van der Waals surface area contributed by atoms with Crippen molar-refractivity contribution in [3.8, 4) is 22.5 Å². The normalized spacial score (nSPS) is 15.5. The number of aliphatic carboxylic acids is 1. The van der Waals surface area contributed by atoms with Gasteiger partial charge in [-0.2, -0.15) is 0 Å². The van der Waals surface area contributed by atoms with E-state index in [2.05, 4.69) is 66.5 Å². The molecule has 34 heavy (non-hydrogen) atoms. The molecule has 180 valence electrons. The summed E-state index contributed by atoms with van der Waals surface area (Å²) >= 11 is 5.90. The van der Waals surface area contributed by atoms with Gasteiger partial charge in [0.05, 0.1) is 10.7 Å². The summed E-state index contributed by atoms with van der Waals surface area (Å²) in [5, 5.41) is 9.39. The van der Waals surface area contributed by atoms with E-state index >= 15 is 0 Å². The fraction of sp³-hybridized carbons (Fsp3) is 0.379. The minimum Gasteiger partial charge on any atom is -0.481 e. The second-order valence-electron chi connectivity index (χ2n) is 8.76. The van der Waals surface area contributed by atoms with E-state index in [4.69, 9.17) is 26.5 Å². The number of rotatable bonds is 5. The molecular formula is C29H35ClN2O2. The summed E-state index contributed by atoms with van der Waals surface area (Å²) < 4.78 is 0. The van der Waals surface area contributed by atoms with Crippen molar-refractivity contribution in [3.63, 3.8) is 0 Å². The number of carbonyl (C=O) groups is 1. The van der Waals surface area contributed by atoms with Crippen LogP contribution >= 0.6 is 11.6 Å². The maximum absolute atomic E-state index is 9.00. The van der Waals surface area contributed by atoms with Crippen molar-refractivity contribution in [1.29, 1.82) is 0 Å². The van der Waals surface area contributed by atoms with Crippen LogP contribution in [0.3, 0.4) is 0 Å². The van der Waals surface area contributed by atoms with Crippen molar-refractivity contribution < 1.29 is 9.90 Å². The Labute approximate surface area is 207 Å². The first-order valence-electron chi connectivity index (χ1n) is 12.2. The van der Waals surface area contributed by atoms with Gasteiger partial charge in [0.15, 0.2) is 0 Å². The minimum atomic E-state index is -0.833. The summed E-state index contributed by atoms with van der Waals surface area (Å²) in [6, 6.07) is 17.9. The van der Waals surface area contributed by atoms with Crippen LogP contribution < -0.4 is 10.7 Å². The quantitative estimate of drug-likeness (QED) is 0.325. The number of aromatic nitrogens is 2. The Kier molecular flexibility index (Phi) is 9.96. The molecule has 1 aliphatic carbocycles. The molecule has 0 aliphatic heterocycles. The molecule has 0 spiro atoms. The number of hydrogen-bond donors (Lipinski definition) is 2. The van der Waals surface area contributed by atoms with Gasteiger partial charge in [-0.05, 0) is 47.9 Å². The first-order chi connectivity index (χ1) is 16.5. The smallest absolute Gasteiger partial charge is 0.300 e. The van der Waals surface area contributed by atoms with Crippen molar-refractivity contribution in [2.45, 2.75) is 64.7 Å². The maximum Gasteiger partial charge on any atom is 0.300 e. The molecule has 1 fully saturated rings. The van der Waals surface area contributed by atoms with E-state index in [1.54, 1.807) is 0 Å². The van der Waals surface area contributed by atoms with Crippen LogP contribution in [0.25, 0.3) is 34.7 Å². The number of aromatic amines is 1. The highest BCUT2D eigenvalue weighted by Crippen LogP contribution is 2.33. The van der Waals surface area contributed by atoms with E-state index in [1.807, 2.05) is 6.08 Å². The average molecular weight is 479 g/mol. The Morgan fingerprint density at radius 1 is 0.971 bits per heavy atom. The molecule has 0 radical (unpaired) electrons. The van der Waals surface area contributed by atoms with Crippen LogP contribution in [0.1, 0.15) is 70.3 Å². The van der Waals surface area contributed by atoms with Crippen molar-refractivity contribution in [2.24, 2.45) is 0 Å². The highest BCUT2D eigenvalue weighted by Gasteiger charge is 2.14. The van der Waals surface area contributed by atoms with Gasteiger partial charge in [-0.15, -0.1) is 11.6 Å². The van der Waals surface area contributed by atoms with Crippen LogP contribution in [0.4, 0.5) is 0 Å². The molecule has 1 aromatic heterocycles. The molecule has 0 saturated heterocycles. The molecule has 0 amide bonds. The van der Waals surface area contributed by atoms with E-state index in [0.29, 0.717) is 5.88 Å². The van der Waals surface area contributed by atoms with Crippen molar-refractivity contribution >= 4 is 29.7 Å². The number of benzene rings is 2. The monoisotopic (exact) mass is 478 g/mol. The molecule has 4 nitrogen and oxygen atoms in total. The zero-order chi connectivity index (χ0) is 24.3. The SMILES string of the molecule is CC(=O)O.CC/C=c1/[nH]c(-c2ccc(-c3ccc(C4CCCCCC4)cc3)cc2)n/c1=C/CCl. The van der Waals surface area contributed by atoms with Gasteiger partial charge >= 0.3 is 0 Å². The standard InChI is InChI=1S/C27H31ClN2.C2H4O2/c1-2-7-25-26(18-19-28)30-27(29-25)24-16-14-23(15-17-24)22-12-10-21(11-13-22)20-8-5-3-4-6-9-20;1-2(3)4/h7,10-18,20H,2-6,8-9,19H2,1H3,(H,29,30);1H3,(H,3,4)/b25-7+,26-18+;. The molecule has 2 N–H and O–H groups in total. The lowest BCUT2D eigenvalue weighted by atomic mass is 9.90. The fourth-order valence-corrected chi connectivity index (χ4v) is 4.65. The average Bonchev–Trinajstić information content (AvgIpc) is 3.04. The van der Waals surface area contributed by atoms with Crippen molar-refractivity contribution in [1.82, 2.24) is 9.97 Å². The Morgan fingerprint density at radius 2 is 1.50 bits per heavy atom. The second-order valence-corrected chi connectivity index (χ2v) is 9.07. The molecular weight excluding hydrogens is 444 g/mol. The highest BCUT2D eigenvalue weighted by molar-refractivity contribution is 6.20. The van der Waals surface area contributed by atoms with Gasteiger partial charge in [-0.3, -0.25) is 4.79 Å². The molecule has 5 heteroatoms. The first-order valence-corrected chi connectivity index (χ1v) is 12.8. The number of nitrogens with zero attached hydrogens (tertiary/aromatic N) is 1. The molecule has 3 aromatic rings. The molecule has 1 saturated carbocycles. The number of halogens is 1. The number of H-pyrrole nitrogens is 1. The third kappa shape index (κ3) is 7.33. The van der Waals surface area contributed by atoms with Crippen LogP contribution in [0.15, 0.2) is 48.5 Å². The Balaban J connectivity index is 0.000000751. The highest BCUT2D eigenvalue weighted by atomic mass is 35.5. The van der Waals surface area contributed by atoms with Crippen LogP contribution in [0.5, 0.6) is 0 Å².